The Kier molecular flexibility index (Phi) is 4.46. The second kappa shape index (κ2) is 5.97. The topological polar surface area (TPSA) is 81.3 Å². The predicted molar refractivity (Wildman–Crippen MR) is 81.1 cm³/mol. The molecule has 0 spiro atoms. The number of aromatic nitrogens is 2. The molecule has 0 aliphatic carbocycles. The van der Waals surface area contributed by atoms with Gasteiger partial charge in [-0.05, 0) is 19.8 Å². The van der Waals surface area contributed by atoms with E-state index in [1.54, 1.807) is 12.0 Å². The average Bonchev–Trinajstić information content (AvgIpc) is 2.47. The first-order valence-corrected chi connectivity index (χ1v) is 7.33. The predicted octanol–water partition coefficient (Wildman–Crippen LogP) is 1.82. The van der Waals surface area contributed by atoms with Gasteiger partial charge in [0.15, 0.2) is 5.69 Å². The van der Waals surface area contributed by atoms with Crippen LogP contribution in [-0.2, 0) is 4.74 Å². The summed E-state index contributed by atoms with van der Waals surface area (Å²) in [4.78, 5) is 23.0. The molecule has 2 N–H and O–H groups in total. The molecule has 6 heteroatoms. The Bertz CT molecular complexity index is 532. The largest absolute Gasteiger partial charge is 0.396 e. The highest BCUT2D eigenvalue weighted by Crippen LogP contribution is 2.25. The van der Waals surface area contributed by atoms with Crippen LogP contribution in [0.1, 0.15) is 55.8 Å². The second-order valence-electron chi connectivity index (χ2n) is 6.17. The number of carbonyl (C=O) groups is 1. The van der Waals surface area contributed by atoms with Gasteiger partial charge in [0.1, 0.15) is 5.82 Å². The van der Waals surface area contributed by atoms with Gasteiger partial charge in [-0.3, -0.25) is 4.79 Å². The molecule has 2 rings (SSSR count). The standard InChI is InChI=1S/C15H24N4O2/c1-10(2)13-17-8-11(16)12(18-13)14(20)19-7-5-6-15(3,9-19)21-4/h8,10H,5-7,9,16H2,1-4H3. The number of anilines is 1. The third kappa shape index (κ3) is 3.32. The summed E-state index contributed by atoms with van der Waals surface area (Å²) in [5, 5.41) is 0. The summed E-state index contributed by atoms with van der Waals surface area (Å²) in [6, 6.07) is 0. The minimum absolute atomic E-state index is 0.139. The second-order valence-corrected chi connectivity index (χ2v) is 6.17. The van der Waals surface area contributed by atoms with Crippen molar-refractivity contribution in [3.63, 3.8) is 0 Å². The average molecular weight is 292 g/mol. The van der Waals surface area contributed by atoms with Gasteiger partial charge in [-0.25, -0.2) is 9.97 Å². The van der Waals surface area contributed by atoms with Gasteiger partial charge in [0.05, 0.1) is 17.5 Å². The Morgan fingerprint density at radius 1 is 1.52 bits per heavy atom. The molecular formula is C15H24N4O2. The maximum atomic E-state index is 12.7. The van der Waals surface area contributed by atoms with Crippen molar-refractivity contribution in [1.29, 1.82) is 0 Å². The normalized spacial score (nSPS) is 22.6. The molecule has 0 bridgehead atoms. The molecule has 1 atom stereocenters. The van der Waals surface area contributed by atoms with E-state index < -0.39 is 0 Å². The van der Waals surface area contributed by atoms with Gasteiger partial charge < -0.3 is 15.4 Å². The number of likely N-dealkylation sites (tertiary alicyclic amines) is 1. The number of amides is 1. The monoisotopic (exact) mass is 292 g/mol. The van der Waals surface area contributed by atoms with Gasteiger partial charge >= 0.3 is 0 Å². The van der Waals surface area contributed by atoms with E-state index in [9.17, 15) is 4.79 Å². The number of carbonyl (C=O) groups excluding carboxylic acids is 1. The molecule has 116 valence electrons. The van der Waals surface area contributed by atoms with Crippen molar-refractivity contribution in [3.05, 3.63) is 17.7 Å². The van der Waals surface area contributed by atoms with Crippen LogP contribution < -0.4 is 5.73 Å². The molecule has 0 saturated carbocycles. The fraction of sp³-hybridized carbons (Fsp3) is 0.667. The van der Waals surface area contributed by atoms with Crippen LogP contribution in [0.15, 0.2) is 6.20 Å². The summed E-state index contributed by atoms with van der Waals surface area (Å²) in [5.41, 5.74) is 6.23. The van der Waals surface area contributed by atoms with Crippen LogP contribution in [-0.4, -0.2) is 46.6 Å². The lowest BCUT2D eigenvalue weighted by Crippen LogP contribution is -2.50. The van der Waals surface area contributed by atoms with Crippen molar-refractivity contribution < 1.29 is 9.53 Å². The molecule has 1 amide bonds. The quantitative estimate of drug-likeness (QED) is 0.919. The van der Waals surface area contributed by atoms with Gasteiger partial charge in [-0.2, -0.15) is 0 Å². The number of nitrogens with two attached hydrogens (primary N) is 1. The lowest BCUT2D eigenvalue weighted by molar-refractivity contribution is -0.0441. The van der Waals surface area contributed by atoms with E-state index in [4.69, 9.17) is 10.5 Å². The first kappa shape index (κ1) is 15.7. The van der Waals surface area contributed by atoms with Gasteiger partial charge in [0, 0.05) is 26.1 Å². The Balaban J connectivity index is 2.25. The van der Waals surface area contributed by atoms with Crippen LogP contribution in [0.25, 0.3) is 0 Å². The number of piperidine rings is 1. The van der Waals surface area contributed by atoms with Crippen LogP contribution in [0, 0.1) is 0 Å². The molecule has 6 nitrogen and oxygen atoms in total. The molecule has 1 aliphatic rings. The first-order chi connectivity index (χ1) is 9.86. The molecule has 1 aliphatic heterocycles. The zero-order valence-electron chi connectivity index (χ0n) is 13.2. The molecule has 1 aromatic heterocycles. The number of hydrogen-bond donors (Lipinski definition) is 1. The Morgan fingerprint density at radius 2 is 2.24 bits per heavy atom. The van der Waals surface area contributed by atoms with E-state index in [-0.39, 0.29) is 17.4 Å². The zero-order valence-corrected chi connectivity index (χ0v) is 13.2. The van der Waals surface area contributed by atoms with Crippen molar-refractivity contribution in [1.82, 2.24) is 14.9 Å². The summed E-state index contributed by atoms with van der Waals surface area (Å²) < 4.78 is 5.53. The molecule has 0 aromatic carbocycles. The van der Waals surface area contributed by atoms with E-state index in [1.165, 1.54) is 6.20 Å². The number of hydrogen-bond acceptors (Lipinski definition) is 5. The Labute approximate surface area is 125 Å². The molecule has 21 heavy (non-hydrogen) atoms. The van der Waals surface area contributed by atoms with E-state index in [1.807, 2.05) is 20.8 Å². The molecule has 1 fully saturated rings. The Morgan fingerprint density at radius 3 is 2.86 bits per heavy atom. The van der Waals surface area contributed by atoms with Crippen molar-refractivity contribution in [3.8, 4) is 0 Å². The first-order valence-electron chi connectivity index (χ1n) is 7.33. The van der Waals surface area contributed by atoms with Crippen LogP contribution in [0.4, 0.5) is 5.69 Å². The molecule has 2 heterocycles. The minimum Gasteiger partial charge on any atom is -0.396 e. The van der Waals surface area contributed by atoms with Gasteiger partial charge in [0.2, 0.25) is 0 Å². The summed E-state index contributed by atoms with van der Waals surface area (Å²) in [5.74, 6) is 0.654. The van der Waals surface area contributed by atoms with Crippen LogP contribution in [0.2, 0.25) is 0 Å². The molecule has 1 unspecified atom stereocenters. The van der Waals surface area contributed by atoms with Crippen molar-refractivity contribution in [2.75, 3.05) is 25.9 Å². The van der Waals surface area contributed by atoms with E-state index in [0.717, 1.165) is 12.8 Å². The summed E-state index contributed by atoms with van der Waals surface area (Å²) in [6.07, 6.45) is 3.39. The fourth-order valence-corrected chi connectivity index (χ4v) is 2.55. The third-order valence-corrected chi connectivity index (χ3v) is 3.99. The zero-order chi connectivity index (χ0) is 15.6. The summed E-state index contributed by atoms with van der Waals surface area (Å²) in [7, 11) is 1.68. The van der Waals surface area contributed by atoms with Crippen molar-refractivity contribution in [2.24, 2.45) is 0 Å². The minimum atomic E-state index is -0.295. The highest BCUT2D eigenvalue weighted by Gasteiger charge is 2.34. The highest BCUT2D eigenvalue weighted by molar-refractivity contribution is 5.97. The van der Waals surface area contributed by atoms with E-state index in [0.29, 0.717) is 30.3 Å². The van der Waals surface area contributed by atoms with Crippen LogP contribution in [0.5, 0.6) is 0 Å². The third-order valence-electron chi connectivity index (χ3n) is 3.99. The molecule has 1 aromatic rings. The fourth-order valence-electron chi connectivity index (χ4n) is 2.55. The Hall–Kier alpha value is -1.69. The number of nitrogens with zero attached hydrogens (tertiary/aromatic N) is 3. The van der Waals surface area contributed by atoms with E-state index >= 15 is 0 Å². The summed E-state index contributed by atoms with van der Waals surface area (Å²) >= 11 is 0. The highest BCUT2D eigenvalue weighted by atomic mass is 16.5. The van der Waals surface area contributed by atoms with E-state index in [2.05, 4.69) is 9.97 Å². The molecular weight excluding hydrogens is 268 g/mol. The lowest BCUT2D eigenvalue weighted by atomic mass is 9.94. The number of methoxy groups -OCH3 is 1. The van der Waals surface area contributed by atoms with Gasteiger partial charge in [-0.1, -0.05) is 13.8 Å². The molecule has 1 saturated heterocycles. The van der Waals surface area contributed by atoms with Gasteiger partial charge in [-0.15, -0.1) is 0 Å². The number of ether oxygens (including phenoxy) is 1. The van der Waals surface area contributed by atoms with Crippen molar-refractivity contribution >= 4 is 11.6 Å². The smallest absolute Gasteiger partial charge is 0.274 e. The summed E-state index contributed by atoms with van der Waals surface area (Å²) in [6.45, 7) is 7.27. The lowest BCUT2D eigenvalue weighted by Gasteiger charge is -2.39. The van der Waals surface area contributed by atoms with Crippen LogP contribution in [0.3, 0.4) is 0 Å². The molecule has 0 radical (unpaired) electrons. The maximum absolute atomic E-state index is 12.7. The number of rotatable bonds is 3. The van der Waals surface area contributed by atoms with Crippen molar-refractivity contribution in [2.45, 2.75) is 45.1 Å². The van der Waals surface area contributed by atoms with Crippen LogP contribution >= 0.6 is 0 Å². The maximum Gasteiger partial charge on any atom is 0.274 e. The van der Waals surface area contributed by atoms with Gasteiger partial charge in [0.25, 0.3) is 5.91 Å². The number of nitrogen functional groups attached to an aromatic ring is 1. The SMILES string of the molecule is COC1(C)CCCN(C(=O)c2nc(C(C)C)ncc2N)C1.